The van der Waals surface area contributed by atoms with E-state index in [2.05, 4.69) is 4.98 Å². The van der Waals surface area contributed by atoms with Crippen LogP contribution in [0.1, 0.15) is 75.3 Å². The second-order valence-electron chi connectivity index (χ2n) is 8.27. The van der Waals surface area contributed by atoms with Crippen molar-refractivity contribution in [1.29, 1.82) is 0 Å². The molecule has 0 aromatic carbocycles. The molecule has 0 saturated heterocycles. The maximum absolute atomic E-state index is 12.5. The summed E-state index contributed by atoms with van der Waals surface area (Å²) in [5.74, 6) is -0.981. The van der Waals surface area contributed by atoms with Gasteiger partial charge in [-0.3, -0.25) is 4.98 Å². The summed E-state index contributed by atoms with van der Waals surface area (Å²) >= 11 is 0. The van der Waals surface area contributed by atoms with E-state index in [1.165, 1.54) is 0 Å². The third kappa shape index (κ3) is 4.30. The summed E-state index contributed by atoms with van der Waals surface area (Å²) in [5, 5.41) is 9.51. The minimum absolute atomic E-state index is 0.224. The van der Waals surface area contributed by atoms with Crippen LogP contribution in [0.4, 0.5) is 4.79 Å². The summed E-state index contributed by atoms with van der Waals surface area (Å²) in [7, 11) is 0. The highest BCUT2D eigenvalue weighted by atomic mass is 16.6. The number of carbonyl (C=O) groups is 2. The number of aromatic nitrogens is 1. The van der Waals surface area contributed by atoms with Crippen LogP contribution in [-0.2, 0) is 23.1 Å². The van der Waals surface area contributed by atoms with E-state index in [4.69, 9.17) is 4.74 Å². The van der Waals surface area contributed by atoms with Crippen molar-refractivity contribution in [3.8, 4) is 0 Å². The molecule has 1 N–H and O–H groups in total. The molecule has 0 fully saturated rings. The van der Waals surface area contributed by atoms with Crippen LogP contribution in [0.15, 0.2) is 6.07 Å². The molecule has 1 aliphatic rings. The van der Waals surface area contributed by atoms with Crippen molar-refractivity contribution >= 4 is 12.1 Å². The number of amides is 1. The zero-order valence-electron chi connectivity index (χ0n) is 16.0. The second-order valence-corrected chi connectivity index (χ2v) is 8.27. The smallest absolute Gasteiger partial charge is 0.410 e. The van der Waals surface area contributed by atoms with E-state index in [0.29, 0.717) is 25.2 Å². The molecule has 0 unspecified atom stereocenters. The molecule has 6 nitrogen and oxygen atoms in total. The number of fused-ring (bicyclic) bond motifs is 1. The number of aryl methyl sites for hydroxylation is 1. The lowest BCUT2D eigenvalue weighted by atomic mass is 9.81. The zero-order chi connectivity index (χ0) is 19.0. The molecule has 0 aliphatic carbocycles. The summed E-state index contributed by atoms with van der Waals surface area (Å²) in [6.07, 6.45) is 1.07. The Bertz CT molecular complexity index is 689. The van der Waals surface area contributed by atoms with Crippen LogP contribution in [-0.4, -0.2) is 39.2 Å². The molecule has 0 spiro atoms. The lowest BCUT2D eigenvalue weighted by molar-refractivity contribution is 0.0171. The first kappa shape index (κ1) is 19.2. The van der Waals surface area contributed by atoms with Crippen molar-refractivity contribution in [2.75, 3.05) is 6.54 Å². The molecule has 138 valence electrons. The first-order valence-corrected chi connectivity index (χ1v) is 8.69. The van der Waals surface area contributed by atoms with Crippen LogP contribution in [0.2, 0.25) is 0 Å². The van der Waals surface area contributed by atoms with Crippen LogP contribution in [0.25, 0.3) is 0 Å². The molecule has 2 heterocycles. The van der Waals surface area contributed by atoms with Gasteiger partial charge in [0.2, 0.25) is 0 Å². The third-order valence-electron chi connectivity index (χ3n) is 4.14. The van der Waals surface area contributed by atoms with E-state index in [0.717, 1.165) is 17.7 Å². The van der Waals surface area contributed by atoms with Crippen molar-refractivity contribution in [3.63, 3.8) is 0 Å². The number of nitrogens with zero attached hydrogens (tertiary/aromatic N) is 2. The molecule has 25 heavy (non-hydrogen) atoms. The lowest BCUT2D eigenvalue weighted by Gasteiger charge is -2.39. The van der Waals surface area contributed by atoms with Gasteiger partial charge in [0.05, 0.1) is 23.5 Å². The number of ether oxygens (including phenoxy) is 1. The van der Waals surface area contributed by atoms with Gasteiger partial charge in [-0.1, -0.05) is 27.2 Å². The fourth-order valence-corrected chi connectivity index (χ4v) is 3.18. The fourth-order valence-electron chi connectivity index (χ4n) is 3.18. The minimum Gasteiger partial charge on any atom is -0.478 e. The van der Waals surface area contributed by atoms with Crippen LogP contribution in [0.3, 0.4) is 0 Å². The van der Waals surface area contributed by atoms with Gasteiger partial charge in [0.25, 0.3) is 0 Å². The molecule has 6 heteroatoms. The number of aromatic carboxylic acids is 1. The first-order chi connectivity index (χ1) is 11.4. The maximum Gasteiger partial charge on any atom is 0.410 e. The average Bonchev–Trinajstić information content (AvgIpc) is 2.45. The SMILES string of the molecule is CCCc1nc2c(cc1C(=O)O)CN(C(=O)OC(C)(C)C)CC2(C)C. The number of carboxylic acids is 1. The standard InChI is InChI=1S/C19H28N2O4/c1-7-8-14-13(16(22)23)9-12-10-21(17(24)25-18(2,3)4)11-19(5,6)15(12)20-14/h9H,7-8,10-11H2,1-6H3,(H,22,23). The predicted molar refractivity (Wildman–Crippen MR) is 94.9 cm³/mol. The van der Waals surface area contributed by atoms with E-state index >= 15 is 0 Å². The van der Waals surface area contributed by atoms with Gasteiger partial charge in [0, 0.05) is 12.0 Å². The Labute approximate surface area is 149 Å². The van der Waals surface area contributed by atoms with Gasteiger partial charge in [-0.15, -0.1) is 0 Å². The fraction of sp³-hybridized carbons (Fsp3) is 0.632. The Morgan fingerprint density at radius 3 is 2.52 bits per heavy atom. The summed E-state index contributed by atoms with van der Waals surface area (Å²) in [5.41, 5.74) is 1.55. The monoisotopic (exact) mass is 348 g/mol. The highest BCUT2D eigenvalue weighted by Gasteiger charge is 2.38. The van der Waals surface area contributed by atoms with Gasteiger partial charge < -0.3 is 14.7 Å². The molecule has 2 rings (SSSR count). The molecule has 1 amide bonds. The molecular weight excluding hydrogens is 320 g/mol. The van der Waals surface area contributed by atoms with Gasteiger partial charge in [-0.2, -0.15) is 0 Å². The molecule has 0 atom stereocenters. The molecular formula is C19H28N2O4. The number of rotatable bonds is 3. The first-order valence-electron chi connectivity index (χ1n) is 8.69. The van der Waals surface area contributed by atoms with Crippen LogP contribution < -0.4 is 0 Å². The Kier molecular flexibility index (Phi) is 5.11. The van der Waals surface area contributed by atoms with Crippen molar-refractivity contribution < 1.29 is 19.4 Å². The quantitative estimate of drug-likeness (QED) is 0.899. The average molecular weight is 348 g/mol. The highest BCUT2D eigenvalue weighted by molar-refractivity contribution is 5.89. The third-order valence-corrected chi connectivity index (χ3v) is 4.14. The summed E-state index contributed by atoms with van der Waals surface area (Å²) < 4.78 is 5.48. The lowest BCUT2D eigenvalue weighted by Crippen LogP contribution is -2.47. The predicted octanol–water partition coefficient (Wildman–Crippen LogP) is 3.76. The van der Waals surface area contributed by atoms with Gasteiger partial charge in [-0.05, 0) is 38.8 Å². The molecule has 1 aromatic rings. The van der Waals surface area contributed by atoms with Crippen LogP contribution in [0, 0.1) is 0 Å². The van der Waals surface area contributed by atoms with E-state index in [-0.39, 0.29) is 17.1 Å². The number of pyridine rings is 1. The summed E-state index contributed by atoms with van der Waals surface area (Å²) in [4.78, 5) is 30.4. The summed E-state index contributed by atoms with van der Waals surface area (Å²) in [6, 6.07) is 1.67. The number of carboxylic acid groups (broad SMARTS) is 1. The normalized spacial score (nSPS) is 16.3. The van der Waals surface area contributed by atoms with Gasteiger partial charge in [-0.25, -0.2) is 9.59 Å². The van der Waals surface area contributed by atoms with Gasteiger partial charge in [0.15, 0.2) is 0 Å². The minimum atomic E-state index is -0.981. The van der Waals surface area contributed by atoms with Crippen molar-refractivity contribution in [3.05, 3.63) is 28.6 Å². The Hall–Kier alpha value is -2.11. The van der Waals surface area contributed by atoms with E-state index in [1.54, 1.807) is 11.0 Å². The Balaban J connectivity index is 2.43. The molecule has 0 saturated carbocycles. The molecule has 0 bridgehead atoms. The van der Waals surface area contributed by atoms with E-state index in [1.807, 2.05) is 41.5 Å². The van der Waals surface area contributed by atoms with E-state index in [9.17, 15) is 14.7 Å². The zero-order valence-corrected chi connectivity index (χ0v) is 16.0. The molecule has 1 aliphatic heterocycles. The van der Waals surface area contributed by atoms with Gasteiger partial charge in [0.1, 0.15) is 5.60 Å². The summed E-state index contributed by atoms with van der Waals surface area (Å²) in [6.45, 7) is 12.3. The molecule has 1 aromatic heterocycles. The molecule has 0 radical (unpaired) electrons. The van der Waals surface area contributed by atoms with Crippen LogP contribution in [0.5, 0.6) is 0 Å². The van der Waals surface area contributed by atoms with Crippen molar-refractivity contribution in [2.45, 2.75) is 71.9 Å². The number of hydrogen-bond donors (Lipinski definition) is 1. The largest absolute Gasteiger partial charge is 0.478 e. The number of carbonyl (C=O) groups excluding carboxylic acids is 1. The Morgan fingerprint density at radius 2 is 2.00 bits per heavy atom. The van der Waals surface area contributed by atoms with Crippen LogP contribution >= 0.6 is 0 Å². The second kappa shape index (κ2) is 6.65. The van der Waals surface area contributed by atoms with E-state index < -0.39 is 11.6 Å². The Morgan fingerprint density at radius 1 is 1.36 bits per heavy atom. The van der Waals surface area contributed by atoms with Crippen molar-refractivity contribution in [1.82, 2.24) is 9.88 Å². The number of hydrogen-bond acceptors (Lipinski definition) is 4. The highest BCUT2D eigenvalue weighted by Crippen LogP contribution is 2.34. The maximum atomic E-state index is 12.5. The topological polar surface area (TPSA) is 79.7 Å². The van der Waals surface area contributed by atoms with Gasteiger partial charge >= 0.3 is 12.1 Å². The van der Waals surface area contributed by atoms with Crippen molar-refractivity contribution in [2.24, 2.45) is 0 Å².